The van der Waals surface area contributed by atoms with Crippen LogP contribution < -0.4 is 5.73 Å². The minimum Gasteiger partial charge on any atom is -0.351 e. The molecule has 1 fully saturated rings. The summed E-state index contributed by atoms with van der Waals surface area (Å²) in [5.74, 6) is -1.64. The van der Waals surface area contributed by atoms with E-state index in [1.165, 1.54) is 38.8 Å². The van der Waals surface area contributed by atoms with Crippen LogP contribution in [0.15, 0.2) is 12.3 Å². The fourth-order valence-electron chi connectivity index (χ4n) is 5.54. The molecule has 206 valence electrons. The molecule has 2 N–H and O–H groups in total. The molecule has 3 heterocycles. The van der Waals surface area contributed by atoms with Crippen molar-refractivity contribution >= 4 is 10.0 Å². The second kappa shape index (κ2) is 8.20. The molecule has 2 aliphatic rings. The number of aromatic nitrogens is 2. The maximum Gasteiger partial charge on any atom is 0.418 e. The second-order valence-electron chi connectivity index (χ2n) is 10.9. The molecule has 1 saturated heterocycles. The first-order valence-corrected chi connectivity index (χ1v) is 13.6. The van der Waals surface area contributed by atoms with Gasteiger partial charge in [-0.3, -0.25) is 4.90 Å². The van der Waals surface area contributed by atoms with Gasteiger partial charge in [0.2, 0.25) is 0 Å². The number of nitrogens with zero attached hydrogens (tertiary/aromatic N) is 3. The van der Waals surface area contributed by atoms with Crippen LogP contribution in [0, 0.1) is 25.5 Å². The Bertz CT molecular complexity index is 1370. The van der Waals surface area contributed by atoms with Crippen LogP contribution in [0.1, 0.15) is 68.1 Å². The highest BCUT2D eigenvalue weighted by Gasteiger charge is 2.69. The van der Waals surface area contributed by atoms with Crippen molar-refractivity contribution in [2.75, 3.05) is 6.26 Å². The lowest BCUT2D eigenvalue weighted by Gasteiger charge is -2.59. The summed E-state index contributed by atoms with van der Waals surface area (Å²) in [6.07, 6.45) is -2.93. The van der Waals surface area contributed by atoms with E-state index in [9.17, 15) is 26.0 Å². The van der Waals surface area contributed by atoms with Crippen LogP contribution in [-0.2, 0) is 26.9 Å². The molecular weight excluding hydrogens is 519 g/mol. The maximum atomic E-state index is 15.4. The third-order valence-electron chi connectivity index (χ3n) is 8.42. The quantitative estimate of drug-likeness (QED) is 0.576. The van der Waals surface area contributed by atoms with Crippen LogP contribution in [0.2, 0.25) is 0 Å². The van der Waals surface area contributed by atoms with Gasteiger partial charge in [0.1, 0.15) is 17.2 Å². The first kappa shape index (κ1) is 27.9. The van der Waals surface area contributed by atoms with Gasteiger partial charge in [-0.15, -0.1) is 0 Å². The zero-order chi connectivity index (χ0) is 28.1. The van der Waals surface area contributed by atoms with Crippen LogP contribution in [0.5, 0.6) is 0 Å². The smallest absolute Gasteiger partial charge is 0.351 e. The summed E-state index contributed by atoms with van der Waals surface area (Å²) in [6.45, 7) is 7.93. The number of nitrogens with two attached hydrogens (primary N) is 1. The Morgan fingerprint density at radius 3 is 2.27 bits per heavy atom. The molecular formula is C24H31F5N4O3S. The molecule has 2 aliphatic heterocycles. The van der Waals surface area contributed by atoms with Crippen LogP contribution in [0.3, 0.4) is 0 Å². The lowest BCUT2D eigenvalue weighted by atomic mass is 9.67. The fourth-order valence-corrected chi connectivity index (χ4v) is 6.10. The fraction of sp³-hybridized carbons (Fsp3) is 0.625. The summed E-state index contributed by atoms with van der Waals surface area (Å²) in [5, 5.41) is 4.06. The first-order valence-electron chi connectivity index (χ1n) is 11.7. The molecule has 2 aromatic rings. The van der Waals surface area contributed by atoms with Crippen molar-refractivity contribution < 1.29 is 35.1 Å². The van der Waals surface area contributed by atoms with E-state index in [2.05, 4.69) is 5.10 Å². The van der Waals surface area contributed by atoms with Crippen molar-refractivity contribution in [1.29, 1.82) is 0 Å². The van der Waals surface area contributed by atoms with Crippen molar-refractivity contribution in [3.05, 3.63) is 51.8 Å². The molecule has 0 aliphatic carbocycles. The molecule has 0 amide bonds. The van der Waals surface area contributed by atoms with Gasteiger partial charge in [-0.25, -0.2) is 17.2 Å². The number of fused-ring (bicyclic) bond motifs is 1. The van der Waals surface area contributed by atoms with E-state index >= 15 is 4.39 Å². The molecule has 0 spiro atoms. The summed E-state index contributed by atoms with van der Waals surface area (Å²) < 4.78 is 105. The van der Waals surface area contributed by atoms with Crippen LogP contribution >= 0.6 is 0 Å². The lowest BCUT2D eigenvalue weighted by molar-refractivity contribution is -0.354. The van der Waals surface area contributed by atoms with E-state index in [-0.39, 0.29) is 29.7 Å². The summed E-state index contributed by atoms with van der Waals surface area (Å²) in [5.41, 5.74) is 0.608. The van der Waals surface area contributed by atoms with Gasteiger partial charge in [-0.05, 0) is 65.2 Å². The standard InChI is InChI=1S/C24H31F5N4O3S/c1-12-13(2)20(26)16(8-17(12)25)22(5)21(4,30)9-19(23(6,36-22)24(27,28)29)32-11-18-15(14(32)3)10-33(31-18)37(7,34)35/h8,10,14,19H,9,11,30H2,1-7H3/t14?,19-,21+,22-,23+/m1/s1. The molecule has 13 heteroatoms. The zero-order valence-corrected chi connectivity index (χ0v) is 22.5. The molecule has 1 unspecified atom stereocenters. The average molecular weight is 551 g/mol. The minimum atomic E-state index is -4.92. The molecule has 1 aromatic heterocycles. The molecule has 37 heavy (non-hydrogen) atoms. The number of hydrogen-bond acceptors (Lipinski definition) is 6. The molecule has 7 nitrogen and oxygen atoms in total. The molecule has 5 atom stereocenters. The third kappa shape index (κ3) is 4.00. The Balaban J connectivity index is 1.82. The first-order chi connectivity index (χ1) is 16.7. The van der Waals surface area contributed by atoms with E-state index < -0.39 is 56.7 Å². The second-order valence-corrected chi connectivity index (χ2v) is 12.7. The van der Waals surface area contributed by atoms with Crippen molar-refractivity contribution in [3.63, 3.8) is 0 Å². The Morgan fingerprint density at radius 1 is 1.16 bits per heavy atom. The monoisotopic (exact) mass is 550 g/mol. The zero-order valence-electron chi connectivity index (χ0n) is 21.7. The van der Waals surface area contributed by atoms with Gasteiger partial charge in [0.25, 0.3) is 10.0 Å². The number of hydrogen-bond donors (Lipinski definition) is 1. The van der Waals surface area contributed by atoms with Gasteiger partial charge in [-0.2, -0.15) is 22.4 Å². The molecule has 0 bridgehead atoms. The summed E-state index contributed by atoms with van der Waals surface area (Å²) in [7, 11) is -3.68. The van der Waals surface area contributed by atoms with E-state index in [1.54, 1.807) is 6.92 Å². The highest BCUT2D eigenvalue weighted by Crippen LogP contribution is 2.56. The largest absolute Gasteiger partial charge is 0.418 e. The predicted molar refractivity (Wildman–Crippen MR) is 126 cm³/mol. The summed E-state index contributed by atoms with van der Waals surface area (Å²) >= 11 is 0. The topological polar surface area (TPSA) is 90.5 Å². The van der Waals surface area contributed by atoms with Crippen LogP contribution in [-0.4, -0.2) is 52.1 Å². The van der Waals surface area contributed by atoms with E-state index in [0.29, 0.717) is 11.3 Å². The average Bonchev–Trinajstić information content (AvgIpc) is 3.31. The SMILES string of the molecule is Cc1c(F)cc([C@@]2(C)O[C@](C)(C(F)(F)F)[C@H](N3Cc4nn(S(C)(=O)=O)cc4C3C)C[C@]2(C)N)c(F)c1C. The Morgan fingerprint density at radius 2 is 1.76 bits per heavy atom. The van der Waals surface area contributed by atoms with Crippen molar-refractivity contribution in [3.8, 4) is 0 Å². The number of ether oxygens (including phenoxy) is 1. The van der Waals surface area contributed by atoms with Gasteiger partial charge in [0.05, 0.1) is 18.0 Å². The Kier molecular flexibility index (Phi) is 6.19. The molecule has 0 radical (unpaired) electrons. The van der Waals surface area contributed by atoms with Crippen molar-refractivity contribution in [2.45, 2.75) is 89.5 Å². The van der Waals surface area contributed by atoms with E-state index in [0.717, 1.165) is 23.3 Å². The summed E-state index contributed by atoms with van der Waals surface area (Å²) in [6, 6.07) is -1.12. The summed E-state index contributed by atoms with van der Waals surface area (Å²) in [4.78, 5) is 1.53. The number of rotatable bonds is 3. The van der Waals surface area contributed by atoms with Gasteiger partial charge in [0.15, 0.2) is 5.60 Å². The van der Waals surface area contributed by atoms with Gasteiger partial charge in [-0.1, -0.05) is 0 Å². The minimum absolute atomic E-state index is 0.0344. The van der Waals surface area contributed by atoms with Crippen molar-refractivity contribution in [2.24, 2.45) is 5.73 Å². The number of alkyl halides is 3. The Hall–Kier alpha value is -2.09. The Labute approximate surface area is 212 Å². The van der Waals surface area contributed by atoms with E-state index in [1.807, 2.05) is 0 Å². The number of halogens is 5. The normalized spacial score (nSPS) is 33.1. The maximum absolute atomic E-state index is 15.4. The molecule has 4 rings (SSSR count). The molecule has 0 saturated carbocycles. The van der Waals surface area contributed by atoms with Crippen molar-refractivity contribution in [1.82, 2.24) is 14.1 Å². The van der Waals surface area contributed by atoms with Gasteiger partial charge < -0.3 is 10.5 Å². The van der Waals surface area contributed by atoms with E-state index in [4.69, 9.17) is 10.5 Å². The lowest BCUT2D eigenvalue weighted by Crippen LogP contribution is -2.74. The number of benzene rings is 1. The highest BCUT2D eigenvalue weighted by molar-refractivity contribution is 7.89. The van der Waals surface area contributed by atoms with Gasteiger partial charge in [0, 0.05) is 35.4 Å². The molecule has 1 aromatic carbocycles. The van der Waals surface area contributed by atoms with Crippen LogP contribution in [0.4, 0.5) is 22.0 Å². The third-order valence-corrected chi connectivity index (χ3v) is 9.28. The highest BCUT2D eigenvalue weighted by atomic mass is 32.2. The van der Waals surface area contributed by atoms with Gasteiger partial charge >= 0.3 is 6.18 Å². The van der Waals surface area contributed by atoms with Crippen LogP contribution in [0.25, 0.3) is 0 Å². The predicted octanol–water partition coefficient (Wildman–Crippen LogP) is 4.21.